The van der Waals surface area contributed by atoms with E-state index < -0.39 is 6.09 Å². The lowest BCUT2D eigenvalue weighted by Crippen LogP contribution is -2.51. The Kier molecular flexibility index (Phi) is 8.08. The van der Waals surface area contributed by atoms with Crippen molar-refractivity contribution in [2.45, 2.75) is 97.9 Å². The smallest absolute Gasteiger partial charge is 0.395 e. The Hall–Kier alpha value is -1.73. The molecule has 2 N–H and O–H groups in total. The van der Waals surface area contributed by atoms with Crippen LogP contribution < -0.4 is 5.32 Å². The molecule has 3 saturated carbocycles. The Labute approximate surface area is 228 Å². The number of rotatable bonds is 7. The molecule has 8 atom stereocenters. The van der Waals surface area contributed by atoms with Crippen molar-refractivity contribution >= 4 is 17.6 Å². The first-order valence-corrected chi connectivity index (χ1v) is 15.3. The average Bonchev–Trinajstić information content (AvgIpc) is 3.47. The molecule has 1 amide bonds. The zero-order valence-corrected chi connectivity index (χ0v) is 24.0. The molecule has 0 aromatic heterocycles. The zero-order valence-electron chi connectivity index (χ0n) is 24.0. The van der Waals surface area contributed by atoms with Crippen LogP contribution in [-0.4, -0.2) is 59.9 Å². The maximum atomic E-state index is 12.9. The number of hydrogen-bond donors (Lipinski definition) is 2. The molecule has 4 fully saturated rings. The summed E-state index contributed by atoms with van der Waals surface area (Å²) in [6, 6.07) is 0.405. The second-order valence-electron chi connectivity index (χ2n) is 13.6. The summed E-state index contributed by atoms with van der Waals surface area (Å²) in [5.74, 6) is 3.29. The number of nitrogens with zero attached hydrogens (tertiary/aromatic N) is 2. The van der Waals surface area contributed by atoms with Crippen LogP contribution in [0.15, 0.2) is 16.8 Å². The van der Waals surface area contributed by atoms with Crippen LogP contribution in [0.5, 0.6) is 0 Å². The molecule has 212 valence electrons. The number of oxime groups is 1. The van der Waals surface area contributed by atoms with E-state index in [-0.39, 0.29) is 24.0 Å². The normalized spacial score (nSPS) is 40.7. The van der Waals surface area contributed by atoms with Crippen LogP contribution in [0.25, 0.3) is 0 Å². The number of aliphatic hydroxyl groups is 1. The molecule has 38 heavy (non-hydrogen) atoms. The lowest BCUT2D eigenvalue weighted by atomic mass is 9.46. The minimum Gasteiger partial charge on any atom is -0.395 e. The molecule has 0 bridgehead atoms. The van der Waals surface area contributed by atoms with Gasteiger partial charge in [0.15, 0.2) is 5.78 Å². The quantitative estimate of drug-likeness (QED) is 0.265. The summed E-state index contributed by atoms with van der Waals surface area (Å²) >= 11 is 0. The molecule has 0 spiro atoms. The van der Waals surface area contributed by atoms with E-state index in [1.807, 2.05) is 13.0 Å². The van der Waals surface area contributed by atoms with Gasteiger partial charge >= 0.3 is 6.09 Å². The first-order chi connectivity index (χ1) is 18.2. The van der Waals surface area contributed by atoms with Gasteiger partial charge in [-0.1, -0.05) is 31.5 Å². The van der Waals surface area contributed by atoms with Crippen LogP contribution in [0.4, 0.5) is 4.79 Å². The number of allylic oxidation sites excluding steroid dienone is 1. The van der Waals surface area contributed by atoms with E-state index in [0.29, 0.717) is 54.4 Å². The van der Waals surface area contributed by atoms with E-state index in [1.54, 1.807) is 4.90 Å². The van der Waals surface area contributed by atoms with Gasteiger partial charge in [0.25, 0.3) is 0 Å². The highest BCUT2D eigenvalue weighted by Gasteiger charge is 2.59. The van der Waals surface area contributed by atoms with Gasteiger partial charge in [0.05, 0.1) is 12.3 Å². The van der Waals surface area contributed by atoms with Crippen molar-refractivity contribution in [3.63, 3.8) is 0 Å². The van der Waals surface area contributed by atoms with Crippen LogP contribution in [0.1, 0.15) is 91.9 Å². The SMILES string of the molecule is C/C(=N\OC(=O)N(CCO)CCC1NCCC1C)[C@H]1CC[C@H]2[C@@H]3CCC4=CC(=O)CC[C@]4(C)[C@H]3CC[C@]12C. The second-order valence-corrected chi connectivity index (χ2v) is 13.6. The summed E-state index contributed by atoms with van der Waals surface area (Å²) in [6.45, 7) is 10.9. The van der Waals surface area contributed by atoms with Crippen LogP contribution in [0.2, 0.25) is 0 Å². The van der Waals surface area contributed by atoms with E-state index in [1.165, 1.54) is 31.3 Å². The van der Waals surface area contributed by atoms with Crippen LogP contribution >= 0.6 is 0 Å². The number of ketones is 1. The van der Waals surface area contributed by atoms with Gasteiger partial charge in [0, 0.05) is 31.5 Å². The van der Waals surface area contributed by atoms with E-state index >= 15 is 0 Å². The number of amides is 1. The Morgan fingerprint density at radius 3 is 2.68 bits per heavy atom. The summed E-state index contributed by atoms with van der Waals surface area (Å²) in [5.41, 5.74) is 2.72. The maximum Gasteiger partial charge on any atom is 0.436 e. The third-order valence-electron chi connectivity index (χ3n) is 11.8. The third kappa shape index (κ3) is 4.98. The molecule has 4 aliphatic carbocycles. The number of carbonyl (C=O) groups is 2. The molecule has 7 nitrogen and oxygen atoms in total. The molecule has 0 aromatic rings. The molecule has 2 unspecified atom stereocenters. The first-order valence-electron chi connectivity index (χ1n) is 15.3. The van der Waals surface area contributed by atoms with Gasteiger partial charge in [-0.2, -0.15) is 0 Å². The molecule has 0 radical (unpaired) electrons. The van der Waals surface area contributed by atoms with Gasteiger partial charge in [-0.05, 0) is 112 Å². The largest absolute Gasteiger partial charge is 0.436 e. The highest BCUT2D eigenvalue weighted by Crippen LogP contribution is 2.66. The molecule has 1 aliphatic heterocycles. The van der Waals surface area contributed by atoms with Crippen LogP contribution in [0, 0.1) is 40.4 Å². The monoisotopic (exact) mass is 527 g/mol. The standard InChI is InChI=1S/C31H49N3O4/c1-20-11-15-32-28(20)12-16-34(17-18-35)29(37)38-33-21(2)25-7-8-26-24-6-5-22-19-23(36)9-13-30(22,3)27(24)10-14-31(25,26)4/h19-20,24-28,32,35H,5-18H2,1-4H3/b33-21+/t20?,24-,25+,26-,27-,28?,30-,31+/m0/s1. The van der Waals surface area contributed by atoms with E-state index in [9.17, 15) is 14.7 Å². The van der Waals surface area contributed by atoms with Crippen molar-refractivity contribution in [1.29, 1.82) is 0 Å². The Morgan fingerprint density at radius 1 is 1.13 bits per heavy atom. The molecule has 1 heterocycles. The number of carbonyl (C=O) groups excluding carboxylic acids is 2. The highest BCUT2D eigenvalue weighted by molar-refractivity contribution is 5.91. The van der Waals surface area contributed by atoms with E-state index in [0.717, 1.165) is 44.4 Å². The van der Waals surface area contributed by atoms with Crippen molar-refractivity contribution in [3.05, 3.63) is 11.6 Å². The summed E-state index contributed by atoms with van der Waals surface area (Å²) in [4.78, 5) is 32.1. The Balaban J connectivity index is 1.23. The van der Waals surface area contributed by atoms with Crippen molar-refractivity contribution in [3.8, 4) is 0 Å². The molecule has 5 aliphatic rings. The fourth-order valence-electron chi connectivity index (χ4n) is 9.47. The van der Waals surface area contributed by atoms with Gasteiger partial charge in [0.1, 0.15) is 0 Å². The number of nitrogens with one attached hydrogen (secondary N) is 1. The van der Waals surface area contributed by atoms with E-state index in [2.05, 4.69) is 31.2 Å². The van der Waals surface area contributed by atoms with Crippen LogP contribution in [-0.2, 0) is 9.63 Å². The lowest BCUT2D eigenvalue weighted by Gasteiger charge is -2.58. The molecule has 5 rings (SSSR count). The third-order valence-corrected chi connectivity index (χ3v) is 11.8. The van der Waals surface area contributed by atoms with Crippen LogP contribution in [0.3, 0.4) is 0 Å². The maximum absolute atomic E-state index is 12.9. The summed E-state index contributed by atoms with van der Waals surface area (Å²) in [6.07, 6.45) is 12.2. The van der Waals surface area contributed by atoms with Crippen molar-refractivity contribution in [2.75, 3.05) is 26.2 Å². The van der Waals surface area contributed by atoms with Gasteiger partial charge < -0.3 is 15.3 Å². The first kappa shape index (κ1) is 27.8. The summed E-state index contributed by atoms with van der Waals surface area (Å²) < 4.78 is 0. The minimum absolute atomic E-state index is 0.0830. The predicted molar refractivity (Wildman–Crippen MR) is 149 cm³/mol. The van der Waals surface area contributed by atoms with Crippen molar-refractivity contribution < 1.29 is 19.5 Å². The van der Waals surface area contributed by atoms with Gasteiger partial charge in [0.2, 0.25) is 0 Å². The lowest BCUT2D eigenvalue weighted by molar-refractivity contribution is -0.117. The second kappa shape index (κ2) is 11.0. The Bertz CT molecular complexity index is 978. The predicted octanol–water partition coefficient (Wildman–Crippen LogP) is 5.33. The van der Waals surface area contributed by atoms with Gasteiger partial charge in [-0.15, -0.1) is 0 Å². The number of aliphatic hydroxyl groups excluding tert-OH is 1. The summed E-state index contributed by atoms with van der Waals surface area (Å²) in [7, 11) is 0. The fourth-order valence-corrected chi connectivity index (χ4v) is 9.47. The number of fused-ring (bicyclic) bond motifs is 5. The Morgan fingerprint density at radius 2 is 1.95 bits per heavy atom. The highest BCUT2D eigenvalue weighted by atomic mass is 16.7. The fraction of sp³-hybridized carbons (Fsp3) is 0.839. The van der Waals surface area contributed by atoms with Gasteiger partial charge in [-0.3, -0.25) is 9.63 Å². The molecular formula is C31H49N3O4. The zero-order chi connectivity index (χ0) is 27.1. The van der Waals surface area contributed by atoms with Crippen molar-refractivity contribution in [1.82, 2.24) is 10.2 Å². The molecule has 1 saturated heterocycles. The molecule has 0 aromatic carbocycles. The summed E-state index contributed by atoms with van der Waals surface area (Å²) in [5, 5.41) is 17.4. The van der Waals surface area contributed by atoms with E-state index in [4.69, 9.17) is 4.84 Å². The molecular weight excluding hydrogens is 478 g/mol. The van der Waals surface area contributed by atoms with Gasteiger partial charge in [-0.25, -0.2) is 4.79 Å². The minimum atomic E-state index is -0.459. The average molecular weight is 528 g/mol. The molecule has 7 heteroatoms. The number of hydrogen-bond acceptors (Lipinski definition) is 6. The van der Waals surface area contributed by atoms with Crippen molar-refractivity contribution in [2.24, 2.45) is 45.6 Å². The topological polar surface area (TPSA) is 91.2 Å².